The van der Waals surface area contributed by atoms with E-state index in [0.717, 1.165) is 0 Å². The van der Waals surface area contributed by atoms with Gasteiger partial charge in [-0.3, -0.25) is 0 Å². The number of hydrogen-bond acceptors (Lipinski definition) is 3. The zero-order valence-electron chi connectivity index (χ0n) is 13.1. The summed E-state index contributed by atoms with van der Waals surface area (Å²) in [6, 6.07) is 0. The Morgan fingerprint density at radius 3 is 1.62 bits per heavy atom. The first kappa shape index (κ1) is 22.9. The van der Waals surface area contributed by atoms with Crippen molar-refractivity contribution in [3.63, 3.8) is 0 Å². The summed E-state index contributed by atoms with van der Waals surface area (Å²) < 4.78 is 58.9. The lowest BCUT2D eigenvalue weighted by atomic mass is 10.1. The fourth-order valence-corrected chi connectivity index (χ4v) is 1.76. The molecule has 0 saturated carbocycles. The van der Waals surface area contributed by atoms with Crippen molar-refractivity contribution in [1.29, 1.82) is 0 Å². The average molecular weight is 335 g/mol. The van der Waals surface area contributed by atoms with Crippen LogP contribution in [0.2, 0.25) is 0 Å². The summed E-state index contributed by atoms with van der Waals surface area (Å²) in [4.78, 5) is 1.76. The van der Waals surface area contributed by atoms with Crippen molar-refractivity contribution in [2.24, 2.45) is 0 Å². The van der Waals surface area contributed by atoms with Gasteiger partial charge in [0.1, 0.15) is 0 Å². The minimum Gasteiger partial charge on any atom is -0.741 e. The summed E-state index contributed by atoms with van der Waals surface area (Å²) in [5.41, 5.74) is -5.65. The molecule has 21 heavy (non-hydrogen) atoms. The second-order valence-electron chi connectivity index (χ2n) is 4.87. The van der Waals surface area contributed by atoms with Gasteiger partial charge < -0.3 is 9.45 Å². The highest BCUT2D eigenvalue weighted by Gasteiger charge is 2.36. The molecule has 0 amide bonds. The van der Waals surface area contributed by atoms with Gasteiger partial charge in [-0.15, -0.1) is 0 Å². The number of alkyl halides is 3. The number of rotatable bonds is 9. The van der Waals surface area contributed by atoms with E-state index < -0.39 is 15.6 Å². The third-order valence-electron chi connectivity index (χ3n) is 3.17. The van der Waals surface area contributed by atoms with Crippen LogP contribution in [0, 0.1) is 0 Å². The number of halogens is 3. The highest BCUT2D eigenvalue weighted by Crippen LogP contribution is 2.20. The number of hydrogen-bond donors (Lipinski definition) is 1. The molecule has 0 spiro atoms. The van der Waals surface area contributed by atoms with Crippen LogP contribution in [0.4, 0.5) is 13.2 Å². The van der Waals surface area contributed by atoms with Crippen LogP contribution in [-0.2, 0) is 10.1 Å². The molecule has 0 saturated heterocycles. The largest absolute Gasteiger partial charge is 0.741 e. The summed E-state index contributed by atoms with van der Waals surface area (Å²) in [6.07, 6.45) is 8.57. The van der Waals surface area contributed by atoms with E-state index in [1.807, 2.05) is 0 Å². The number of unbranched alkanes of at least 4 members (excludes halogenated alkanes) is 5. The molecule has 0 aromatic heterocycles. The fraction of sp³-hybridized carbons (Fsp3) is 1.00. The highest BCUT2D eigenvalue weighted by molar-refractivity contribution is 7.86. The topological polar surface area (TPSA) is 61.6 Å². The van der Waals surface area contributed by atoms with Crippen LogP contribution in [-0.4, -0.2) is 38.1 Å². The van der Waals surface area contributed by atoms with Crippen molar-refractivity contribution in [1.82, 2.24) is 0 Å². The Hall–Kier alpha value is -0.340. The van der Waals surface area contributed by atoms with Crippen LogP contribution < -0.4 is 4.90 Å². The van der Waals surface area contributed by atoms with E-state index in [-0.39, 0.29) is 0 Å². The maximum Gasteiger partial charge on any atom is 0.485 e. The Morgan fingerprint density at radius 2 is 1.29 bits per heavy atom. The molecule has 0 fully saturated rings. The smallest absolute Gasteiger partial charge is 0.485 e. The molecule has 0 aromatic carbocycles. The van der Waals surface area contributed by atoms with Crippen molar-refractivity contribution in [2.45, 2.75) is 64.8 Å². The van der Waals surface area contributed by atoms with Crippen molar-refractivity contribution in [2.75, 3.05) is 19.6 Å². The van der Waals surface area contributed by atoms with Crippen LogP contribution in [0.1, 0.15) is 59.3 Å². The van der Waals surface area contributed by atoms with E-state index in [9.17, 15) is 13.2 Å². The van der Waals surface area contributed by atoms with Crippen LogP contribution in [0.3, 0.4) is 0 Å². The van der Waals surface area contributed by atoms with E-state index in [1.165, 1.54) is 58.2 Å². The van der Waals surface area contributed by atoms with Gasteiger partial charge in [-0.25, -0.2) is 8.42 Å². The third kappa shape index (κ3) is 14.4. The van der Waals surface area contributed by atoms with Gasteiger partial charge in [0.05, 0.1) is 19.6 Å². The first-order valence-electron chi connectivity index (χ1n) is 7.45. The van der Waals surface area contributed by atoms with E-state index in [0.29, 0.717) is 0 Å². The molecule has 0 heterocycles. The predicted molar refractivity (Wildman–Crippen MR) is 76.0 cm³/mol. The number of quaternary nitrogens is 1. The summed E-state index contributed by atoms with van der Waals surface area (Å²) in [5, 5.41) is 0. The lowest BCUT2D eigenvalue weighted by Gasteiger charge is -2.14. The van der Waals surface area contributed by atoms with Gasteiger partial charge in [-0.2, -0.15) is 13.2 Å². The highest BCUT2D eigenvalue weighted by atomic mass is 32.2. The third-order valence-corrected chi connectivity index (χ3v) is 3.73. The average Bonchev–Trinajstić information content (AvgIpc) is 2.36. The minimum absolute atomic E-state index is 1.30. The van der Waals surface area contributed by atoms with Crippen LogP contribution >= 0.6 is 0 Å². The van der Waals surface area contributed by atoms with Crippen LogP contribution in [0.25, 0.3) is 0 Å². The van der Waals surface area contributed by atoms with E-state index in [4.69, 9.17) is 13.0 Å². The van der Waals surface area contributed by atoms with Crippen molar-refractivity contribution in [3.05, 3.63) is 0 Å². The van der Waals surface area contributed by atoms with E-state index in [2.05, 4.69) is 20.8 Å². The Kier molecular flexibility index (Phi) is 13.4. The van der Waals surface area contributed by atoms with Gasteiger partial charge in [0, 0.05) is 0 Å². The molecule has 0 aliphatic heterocycles. The molecule has 0 unspecified atom stereocenters. The molecule has 0 aliphatic carbocycles. The standard InChI is InChI=1S/C12H27N.CHF3O3S/c1-4-7-8-9-10-11-12-13(5-2)6-3;2-1(3,4)8(5,6)7/h4-12H2,1-3H3;(H,5,6,7). The second-order valence-corrected chi connectivity index (χ2v) is 6.25. The Morgan fingerprint density at radius 1 is 0.905 bits per heavy atom. The molecule has 0 aliphatic rings. The lowest BCUT2D eigenvalue weighted by Crippen LogP contribution is -3.11. The molecule has 0 aromatic rings. The lowest BCUT2D eigenvalue weighted by molar-refractivity contribution is -0.896. The van der Waals surface area contributed by atoms with Crippen LogP contribution in [0.5, 0.6) is 0 Å². The molecule has 0 rings (SSSR count). The molecular formula is C13H28F3NO3S. The van der Waals surface area contributed by atoms with Crippen LogP contribution in [0.15, 0.2) is 0 Å². The summed E-state index contributed by atoms with van der Waals surface area (Å²) in [7, 11) is -6.09. The molecular weight excluding hydrogens is 307 g/mol. The van der Waals surface area contributed by atoms with Gasteiger partial charge in [0.2, 0.25) is 0 Å². The maximum absolute atomic E-state index is 10.7. The summed E-state index contributed by atoms with van der Waals surface area (Å²) >= 11 is 0. The molecule has 130 valence electrons. The van der Waals surface area contributed by atoms with E-state index in [1.54, 1.807) is 4.90 Å². The summed E-state index contributed by atoms with van der Waals surface area (Å²) in [6.45, 7) is 10.8. The maximum atomic E-state index is 10.7. The fourth-order valence-electron chi connectivity index (χ4n) is 1.76. The minimum atomic E-state index is -6.09. The quantitative estimate of drug-likeness (QED) is 0.400. The van der Waals surface area contributed by atoms with Gasteiger partial charge >= 0.3 is 5.51 Å². The molecule has 1 N–H and O–H groups in total. The zero-order valence-corrected chi connectivity index (χ0v) is 13.9. The van der Waals surface area contributed by atoms with Gasteiger partial charge in [0.25, 0.3) is 0 Å². The molecule has 0 radical (unpaired) electrons. The number of nitrogens with one attached hydrogen (secondary N) is 1. The van der Waals surface area contributed by atoms with Crippen molar-refractivity contribution in [3.8, 4) is 0 Å². The van der Waals surface area contributed by atoms with Crippen molar-refractivity contribution >= 4 is 10.1 Å². The first-order chi connectivity index (χ1) is 9.60. The van der Waals surface area contributed by atoms with Gasteiger partial charge in [-0.05, 0) is 26.7 Å². The Labute approximate surface area is 126 Å². The normalized spacial score (nSPS) is 12.2. The second kappa shape index (κ2) is 12.2. The molecule has 4 nitrogen and oxygen atoms in total. The van der Waals surface area contributed by atoms with Gasteiger partial charge in [0.15, 0.2) is 10.1 Å². The monoisotopic (exact) mass is 335 g/mol. The predicted octanol–water partition coefficient (Wildman–Crippen LogP) is 2.32. The van der Waals surface area contributed by atoms with E-state index >= 15 is 0 Å². The molecule has 0 atom stereocenters. The molecule has 8 heteroatoms. The Balaban J connectivity index is 0. The Bertz CT molecular complexity index is 328. The van der Waals surface area contributed by atoms with Crippen molar-refractivity contribution < 1.29 is 31.0 Å². The summed E-state index contributed by atoms with van der Waals surface area (Å²) in [5.74, 6) is 0. The SMILES string of the molecule is CCCCCCCC[NH+](CC)CC.O=S(=O)([O-])C(F)(F)F. The molecule has 0 bridgehead atoms. The zero-order chi connectivity index (χ0) is 16.9. The van der Waals surface area contributed by atoms with Gasteiger partial charge in [-0.1, -0.05) is 32.6 Å². The first-order valence-corrected chi connectivity index (χ1v) is 8.86.